The molecule has 0 N–H and O–H groups in total. The Labute approximate surface area is 138 Å². The maximum absolute atomic E-state index is 14.7. The van der Waals surface area contributed by atoms with Crippen molar-refractivity contribution < 1.29 is 23.2 Å². The zero-order valence-corrected chi connectivity index (χ0v) is 14.9. The van der Waals surface area contributed by atoms with Crippen LogP contribution in [0.1, 0.15) is 45.0 Å². The predicted molar refractivity (Wildman–Crippen MR) is 85.8 cm³/mol. The maximum atomic E-state index is 14.7. The fourth-order valence-electron chi connectivity index (χ4n) is 2.11. The first-order chi connectivity index (χ1) is 10.1. The van der Waals surface area contributed by atoms with E-state index in [1.807, 2.05) is 27.7 Å². The molecule has 0 saturated carbocycles. The van der Waals surface area contributed by atoms with E-state index in [2.05, 4.69) is 15.9 Å². The zero-order valence-electron chi connectivity index (χ0n) is 13.3. The van der Waals surface area contributed by atoms with Crippen LogP contribution in [0.25, 0.3) is 0 Å². The summed E-state index contributed by atoms with van der Waals surface area (Å²) in [6.45, 7) is 9.38. The van der Waals surface area contributed by atoms with Crippen LogP contribution in [0.3, 0.4) is 0 Å². The molecule has 1 aliphatic heterocycles. The van der Waals surface area contributed by atoms with E-state index in [9.17, 15) is 9.18 Å². The summed E-state index contributed by atoms with van der Waals surface area (Å²) in [5, 5.41) is 0. The summed E-state index contributed by atoms with van der Waals surface area (Å²) >= 11 is 3.29. The Morgan fingerprint density at radius 2 is 1.82 bits per heavy atom. The molecule has 0 bridgehead atoms. The van der Waals surface area contributed by atoms with E-state index in [0.717, 1.165) is 0 Å². The van der Waals surface area contributed by atoms with Crippen LogP contribution in [0.4, 0.5) is 4.39 Å². The summed E-state index contributed by atoms with van der Waals surface area (Å²) in [7, 11) is -0.879. The molecular formula is C15H19BBrFO4. The number of hydrogen-bond acceptors (Lipinski definition) is 4. The van der Waals surface area contributed by atoms with Crippen LogP contribution >= 0.6 is 15.9 Å². The van der Waals surface area contributed by atoms with Gasteiger partial charge in [-0.2, -0.15) is 0 Å². The van der Waals surface area contributed by atoms with Crippen molar-refractivity contribution in [1.82, 2.24) is 0 Å². The highest BCUT2D eigenvalue weighted by Crippen LogP contribution is 2.37. The van der Waals surface area contributed by atoms with Crippen molar-refractivity contribution in [3.05, 3.63) is 28.0 Å². The van der Waals surface area contributed by atoms with Crippen molar-refractivity contribution in [2.75, 3.05) is 6.61 Å². The van der Waals surface area contributed by atoms with Gasteiger partial charge in [0.15, 0.2) is 0 Å². The molecule has 22 heavy (non-hydrogen) atoms. The monoisotopic (exact) mass is 372 g/mol. The Morgan fingerprint density at radius 1 is 1.27 bits per heavy atom. The molecule has 1 aromatic carbocycles. The highest BCUT2D eigenvalue weighted by atomic mass is 79.9. The molecule has 4 nitrogen and oxygen atoms in total. The number of ether oxygens (including phenoxy) is 1. The van der Waals surface area contributed by atoms with Crippen molar-refractivity contribution in [2.45, 2.75) is 45.8 Å². The topological polar surface area (TPSA) is 44.8 Å². The molecule has 0 aliphatic carbocycles. The van der Waals surface area contributed by atoms with Gasteiger partial charge in [0.2, 0.25) is 0 Å². The minimum atomic E-state index is -0.879. The lowest BCUT2D eigenvalue weighted by atomic mass is 9.78. The lowest BCUT2D eigenvalue weighted by molar-refractivity contribution is 0.00578. The first kappa shape index (κ1) is 17.4. The number of rotatable bonds is 3. The van der Waals surface area contributed by atoms with Gasteiger partial charge in [0.05, 0.1) is 23.4 Å². The number of benzene rings is 1. The maximum Gasteiger partial charge on any atom is 0.497 e. The average Bonchev–Trinajstić information content (AvgIpc) is 2.61. The standard InChI is InChI=1S/C15H19BBrFO4/c1-6-20-13(19)10-7-9(17)8-11(12(10)18)16-21-14(2,3)15(4,5)22-16/h7-8H,6H2,1-5H3. The van der Waals surface area contributed by atoms with Crippen molar-refractivity contribution in [3.8, 4) is 0 Å². The molecule has 0 atom stereocenters. The summed E-state index contributed by atoms with van der Waals surface area (Å²) < 4.78 is 31.8. The van der Waals surface area contributed by atoms with E-state index in [4.69, 9.17) is 14.0 Å². The Balaban J connectivity index is 2.43. The Morgan fingerprint density at radius 3 is 2.32 bits per heavy atom. The van der Waals surface area contributed by atoms with Gasteiger partial charge in [-0.1, -0.05) is 15.9 Å². The summed E-state index contributed by atoms with van der Waals surface area (Å²) in [5.74, 6) is -1.39. The zero-order chi connectivity index (χ0) is 16.7. The van der Waals surface area contributed by atoms with Gasteiger partial charge in [0, 0.05) is 9.94 Å². The highest BCUT2D eigenvalue weighted by Gasteiger charge is 2.52. The van der Waals surface area contributed by atoms with Crippen LogP contribution in [0.5, 0.6) is 0 Å². The summed E-state index contributed by atoms with van der Waals surface area (Å²) in [6, 6.07) is 2.95. The van der Waals surface area contributed by atoms with E-state index in [0.29, 0.717) is 4.47 Å². The molecule has 1 saturated heterocycles. The third-order valence-corrected chi connectivity index (χ3v) is 4.53. The van der Waals surface area contributed by atoms with Crippen LogP contribution < -0.4 is 5.46 Å². The van der Waals surface area contributed by atoms with E-state index >= 15 is 0 Å². The average molecular weight is 373 g/mol. The van der Waals surface area contributed by atoms with Gasteiger partial charge in [-0.05, 0) is 46.8 Å². The lowest BCUT2D eigenvalue weighted by Crippen LogP contribution is -2.41. The minimum Gasteiger partial charge on any atom is -0.462 e. The van der Waals surface area contributed by atoms with Crippen LogP contribution in [0.2, 0.25) is 0 Å². The van der Waals surface area contributed by atoms with Gasteiger partial charge in [-0.25, -0.2) is 9.18 Å². The fourth-order valence-corrected chi connectivity index (χ4v) is 2.58. The SMILES string of the molecule is CCOC(=O)c1cc(Br)cc(B2OC(C)(C)C(C)(C)O2)c1F. The normalized spacial score (nSPS) is 19.3. The summed E-state index contributed by atoms with van der Waals surface area (Å²) in [5.41, 5.74) is -1.13. The van der Waals surface area contributed by atoms with Gasteiger partial charge in [-0.15, -0.1) is 0 Å². The van der Waals surface area contributed by atoms with Crippen molar-refractivity contribution in [3.63, 3.8) is 0 Å². The molecule has 2 rings (SSSR count). The van der Waals surface area contributed by atoms with Crippen molar-refractivity contribution >= 4 is 34.5 Å². The Kier molecular flexibility index (Phi) is 4.71. The Hall–Kier alpha value is -0.915. The largest absolute Gasteiger partial charge is 0.497 e. The molecule has 7 heteroatoms. The highest BCUT2D eigenvalue weighted by molar-refractivity contribution is 9.10. The van der Waals surface area contributed by atoms with Crippen LogP contribution in [-0.2, 0) is 14.0 Å². The van der Waals surface area contributed by atoms with Crippen LogP contribution in [0, 0.1) is 5.82 Å². The molecule has 0 radical (unpaired) electrons. The Bertz CT molecular complexity index is 587. The van der Waals surface area contributed by atoms with Gasteiger partial charge in [-0.3, -0.25) is 0 Å². The quantitative estimate of drug-likeness (QED) is 0.604. The summed E-state index contributed by atoms with van der Waals surface area (Å²) in [4.78, 5) is 11.9. The lowest BCUT2D eigenvalue weighted by Gasteiger charge is -2.32. The van der Waals surface area contributed by atoms with E-state index in [1.54, 1.807) is 13.0 Å². The predicted octanol–water partition coefficient (Wildman–Crippen LogP) is 3.06. The second-order valence-electron chi connectivity index (χ2n) is 6.17. The minimum absolute atomic E-state index is 0.138. The van der Waals surface area contributed by atoms with Crippen molar-refractivity contribution in [1.29, 1.82) is 0 Å². The molecule has 0 unspecified atom stereocenters. The number of carbonyl (C=O) groups is 1. The van der Waals surface area contributed by atoms with Crippen molar-refractivity contribution in [2.24, 2.45) is 0 Å². The first-order valence-corrected chi connectivity index (χ1v) is 7.90. The van der Waals surface area contributed by atoms with Crippen LogP contribution in [0.15, 0.2) is 16.6 Å². The molecule has 1 heterocycles. The molecule has 1 fully saturated rings. The molecule has 0 aromatic heterocycles. The second-order valence-corrected chi connectivity index (χ2v) is 7.08. The molecule has 1 aromatic rings. The number of esters is 1. The van der Waals surface area contributed by atoms with Gasteiger partial charge in [0.25, 0.3) is 0 Å². The van der Waals surface area contributed by atoms with Crippen LogP contribution in [-0.4, -0.2) is 30.9 Å². The van der Waals surface area contributed by atoms with Gasteiger partial charge >= 0.3 is 13.1 Å². The fraction of sp³-hybridized carbons (Fsp3) is 0.533. The third kappa shape index (κ3) is 3.07. The smallest absolute Gasteiger partial charge is 0.462 e. The third-order valence-electron chi connectivity index (χ3n) is 4.07. The molecule has 1 aliphatic rings. The molecule has 0 amide bonds. The van der Waals surface area contributed by atoms with E-state index < -0.39 is 30.1 Å². The molecule has 120 valence electrons. The number of hydrogen-bond donors (Lipinski definition) is 0. The number of carbonyl (C=O) groups excluding carboxylic acids is 1. The van der Waals surface area contributed by atoms with E-state index in [-0.39, 0.29) is 17.6 Å². The second kappa shape index (κ2) is 5.94. The molecular weight excluding hydrogens is 354 g/mol. The first-order valence-electron chi connectivity index (χ1n) is 7.11. The number of halogens is 2. The molecule has 0 spiro atoms. The van der Waals surface area contributed by atoms with Gasteiger partial charge in [0.1, 0.15) is 5.82 Å². The van der Waals surface area contributed by atoms with E-state index in [1.165, 1.54) is 6.07 Å². The summed E-state index contributed by atoms with van der Waals surface area (Å²) in [6.07, 6.45) is 0. The van der Waals surface area contributed by atoms with Gasteiger partial charge < -0.3 is 14.0 Å².